The molecule has 164 valence electrons. The Morgan fingerprint density at radius 1 is 1.13 bits per heavy atom. The Hall–Kier alpha value is -2.81. The standard InChI is InChI=1S/C22H23F3N4OS/c1-3-4-11-31-21-28-27-19(14-26-20(30)16-8-5-7-15(2)12-16)29(21)18-10-6-9-17(13-18)22(23,24)25/h5-10,12-13H,3-4,11,14H2,1-2H3,(H,26,30). The van der Waals surface area contributed by atoms with Crippen molar-refractivity contribution in [3.05, 3.63) is 71.0 Å². The normalized spacial score (nSPS) is 11.5. The van der Waals surface area contributed by atoms with Crippen LogP contribution in [0.15, 0.2) is 53.7 Å². The highest BCUT2D eigenvalue weighted by molar-refractivity contribution is 7.99. The monoisotopic (exact) mass is 448 g/mol. The number of rotatable bonds is 8. The summed E-state index contributed by atoms with van der Waals surface area (Å²) in [5, 5.41) is 11.6. The molecule has 0 atom stereocenters. The van der Waals surface area contributed by atoms with Gasteiger partial charge in [-0.25, -0.2) is 0 Å². The molecule has 0 radical (unpaired) electrons. The molecular formula is C22H23F3N4OS. The first-order valence-corrected chi connectivity index (χ1v) is 10.9. The van der Waals surface area contributed by atoms with E-state index in [1.54, 1.807) is 28.8 Å². The maximum Gasteiger partial charge on any atom is 0.416 e. The van der Waals surface area contributed by atoms with E-state index < -0.39 is 11.7 Å². The van der Waals surface area contributed by atoms with Crippen molar-refractivity contribution in [1.82, 2.24) is 20.1 Å². The first-order valence-electron chi connectivity index (χ1n) is 9.89. The Balaban J connectivity index is 1.89. The second-order valence-electron chi connectivity index (χ2n) is 7.04. The summed E-state index contributed by atoms with van der Waals surface area (Å²) in [4.78, 5) is 12.5. The van der Waals surface area contributed by atoms with Crippen LogP contribution in [0.1, 0.15) is 47.1 Å². The minimum absolute atomic E-state index is 0.0321. The van der Waals surface area contributed by atoms with Crippen molar-refractivity contribution >= 4 is 17.7 Å². The molecule has 0 unspecified atom stereocenters. The van der Waals surface area contributed by atoms with E-state index in [-0.39, 0.29) is 12.5 Å². The van der Waals surface area contributed by atoms with Crippen molar-refractivity contribution in [3.63, 3.8) is 0 Å². The van der Waals surface area contributed by atoms with E-state index in [0.29, 0.717) is 22.2 Å². The Morgan fingerprint density at radius 2 is 1.90 bits per heavy atom. The van der Waals surface area contributed by atoms with E-state index >= 15 is 0 Å². The zero-order chi connectivity index (χ0) is 22.4. The second-order valence-corrected chi connectivity index (χ2v) is 8.10. The Morgan fingerprint density at radius 3 is 2.61 bits per heavy atom. The molecule has 1 amide bonds. The molecule has 3 aromatic rings. The zero-order valence-electron chi connectivity index (χ0n) is 17.2. The lowest BCUT2D eigenvalue weighted by molar-refractivity contribution is -0.137. The van der Waals surface area contributed by atoms with Gasteiger partial charge in [0, 0.05) is 11.3 Å². The molecule has 0 aliphatic heterocycles. The molecule has 0 saturated heterocycles. The van der Waals surface area contributed by atoms with Gasteiger partial charge in [0.05, 0.1) is 17.8 Å². The number of carbonyl (C=O) groups is 1. The molecule has 2 aromatic carbocycles. The van der Waals surface area contributed by atoms with Gasteiger partial charge in [0.2, 0.25) is 0 Å². The van der Waals surface area contributed by atoms with Gasteiger partial charge >= 0.3 is 6.18 Å². The number of nitrogens with zero attached hydrogens (tertiary/aromatic N) is 3. The molecule has 31 heavy (non-hydrogen) atoms. The molecule has 5 nitrogen and oxygen atoms in total. The maximum atomic E-state index is 13.2. The van der Waals surface area contributed by atoms with Crippen LogP contribution in [0.2, 0.25) is 0 Å². The lowest BCUT2D eigenvalue weighted by atomic mass is 10.1. The van der Waals surface area contributed by atoms with Gasteiger partial charge in [-0.2, -0.15) is 13.2 Å². The van der Waals surface area contributed by atoms with Crippen molar-refractivity contribution in [2.24, 2.45) is 0 Å². The van der Waals surface area contributed by atoms with Gasteiger partial charge in [-0.05, 0) is 43.7 Å². The summed E-state index contributed by atoms with van der Waals surface area (Å²) in [7, 11) is 0. The summed E-state index contributed by atoms with van der Waals surface area (Å²) in [6, 6.07) is 12.2. The third-order valence-electron chi connectivity index (χ3n) is 4.55. The number of aromatic nitrogens is 3. The SMILES string of the molecule is CCCCSc1nnc(CNC(=O)c2cccc(C)c2)n1-c1cccc(C(F)(F)F)c1. The fourth-order valence-corrected chi connectivity index (χ4v) is 4.00. The van der Waals surface area contributed by atoms with Gasteiger partial charge in [0.25, 0.3) is 5.91 Å². The molecule has 0 spiro atoms. The molecule has 0 fully saturated rings. The summed E-state index contributed by atoms with van der Waals surface area (Å²) >= 11 is 1.43. The topological polar surface area (TPSA) is 59.8 Å². The van der Waals surface area contributed by atoms with E-state index in [4.69, 9.17) is 0 Å². The smallest absolute Gasteiger partial charge is 0.345 e. The number of amides is 1. The Kier molecular flexibility index (Phi) is 7.37. The largest absolute Gasteiger partial charge is 0.416 e. The first kappa shape index (κ1) is 22.9. The number of benzene rings is 2. The van der Waals surface area contributed by atoms with Crippen molar-refractivity contribution < 1.29 is 18.0 Å². The van der Waals surface area contributed by atoms with Crippen LogP contribution in [-0.2, 0) is 12.7 Å². The highest BCUT2D eigenvalue weighted by Crippen LogP contribution is 2.31. The second kappa shape index (κ2) is 10.00. The predicted octanol–water partition coefficient (Wildman–Crippen LogP) is 5.42. The Labute approximate surface area is 183 Å². The summed E-state index contributed by atoms with van der Waals surface area (Å²) < 4.78 is 41.3. The van der Waals surface area contributed by atoms with Gasteiger partial charge in [-0.1, -0.05) is 48.9 Å². The van der Waals surface area contributed by atoms with E-state index in [0.717, 1.165) is 36.3 Å². The van der Waals surface area contributed by atoms with Crippen molar-refractivity contribution in [3.8, 4) is 5.69 Å². The summed E-state index contributed by atoms with van der Waals surface area (Å²) in [6.45, 7) is 3.98. The maximum absolute atomic E-state index is 13.2. The van der Waals surface area contributed by atoms with Gasteiger partial charge < -0.3 is 5.32 Å². The predicted molar refractivity (Wildman–Crippen MR) is 114 cm³/mol. The number of alkyl halides is 3. The van der Waals surface area contributed by atoms with Crippen molar-refractivity contribution in [2.75, 3.05) is 5.75 Å². The lowest BCUT2D eigenvalue weighted by Crippen LogP contribution is -2.24. The third kappa shape index (κ3) is 5.88. The quantitative estimate of drug-likeness (QED) is 0.369. The van der Waals surface area contributed by atoms with Crippen LogP contribution in [-0.4, -0.2) is 26.4 Å². The van der Waals surface area contributed by atoms with Crippen LogP contribution in [0.25, 0.3) is 5.69 Å². The van der Waals surface area contributed by atoms with E-state index in [1.807, 2.05) is 13.0 Å². The minimum atomic E-state index is -4.46. The molecule has 0 aliphatic rings. The number of aryl methyl sites for hydroxylation is 1. The number of halogens is 3. The lowest BCUT2D eigenvalue weighted by Gasteiger charge is -2.13. The molecule has 0 aliphatic carbocycles. The third-order valence-corrected chi connectivity index (χ3v) is 5.56. The number of hydrogen-bond acceptors (Lipinski definition) is 4. The number of nitrogens with one attached hydrogen (secondary N) is 1. The van der Waals surface area contributed by atoms with Gasteiger partial charge in [-0.3, -0.25) is 9.36 Å². The average Bonchev–Trinajstić information content (AvgIpc) is 3.14. The van der Waals surface area contributed by atoms with Gasteiger partial charge in [0.1, 0.15) is 0 Å². The fourth-order valence-electron chi connectivity index (χ4n) is 2.94. The van der Waals surface area contributed by atoms with Crippen LogP contribution in [0.4, 0.5) is 13.2 Å². The summed E-state index contributed by atoms with van der Waals surface area (Å²) in [5.41, 5.74) is 1.01. The first-order chi connectivity index (χ1) is 14.8. The molecule has 0 bridgehead atoms. The van der Waals surface area contributed by atoms with Gasteiger partial charge in [-0.15, -0.1) is 10.2 Å². The minimum Gasteiger partial charge on any atom is -0.345 e. The zero-order valence-corrected chi connectivity index (χ0v) is 18.1. The van der Waals surface area contributed by atoms with Crippen LogP contribution in [0.5, 0.6) is 0 Å². The van der Waals surface area contributed by atoms with E-state index in [9.17, 15) is 18.0 Å². The molecule has 1 heterocycles. The van der Waals surface area contributed by atoms with Crippen LogP contribution in [0.3, 0.4) is 0 Å². The highest BCUT2D eigenvalue weighted by Gasteiger charge is 2.31. The number of unbranched alkanes of at least 4 members (excludes halogenated alkanes) is 1. The summed E-state index contributed by atoms with van der Waals surface area (Å²) in [5.74, 6) is 0.838. The Bertz CT molecular complexity index is 1050. The van der Waals surface area contributed by atoms with Crippen molar-refractivity contribution in [2.45, 2.75) is 44.6 Å². The van der Waals surface area contributed by atoms with Crippen LogP contribution >= 0.6 is 11.8 Å². The highest BCUT2D eigenvalue weighted by atomic mass is 32.2. The van der Waals surface area contributed by atoms with Gasteiger partial charge in [0.15, 0.2) is 11.0 Å². The molecule has 3 rings (SSSR count). The van der Waals surface area contributed by atoms with E-state index in [2.05, 4.69) is 22.4 Å². The molecule has 1 aromatic heterocycles. The van der Waals surface area contributed by atoms with Crippen LogP contribution < -0.4 is 5.32 Å². The number of carbonyl (C=O) groups excluding carboxylic acids is 1. The molecular weight excluding hydrogens is 425 g/mol. The molecule has 1 N–H and O–H groups in total. The number of hydrogen-bond donors (Lipinski definition) is 1. The van der Waals surface area contributed by atoms with Crippen molar-refractivity contribution in [1.29, 1.82) is 0 Å². The summed E-state index contributed by atoms with van der Waals surface area (Å²) in [6.07, 6.45) is -2.53. The average molecular weight is 449 g/mol. The number of thioether (sulfide) groups is 1. The molecule has 0 saturated carbocycles. The molecule has 9 heteroatoms. The van der Waals surface area contributed by atoms with Crippen LogP contribution in [0, 0.1) is 6.92 Å². The fraction of sp³-hybridized carbons (Fsp3) is 0.318. The van der Waals surface area contributed by atoms with E-state index in [1.165, 1.54) is 17.8 Å².